The molecular weight excluding hydrogens is 276 g/mol. The van der Waals surface area contributed by atoms with E-state index in [1.165, 1.54) is 11.3 Å². The zero-order chi connectivity index (χ0) is 11.0. The molecule has 0 aliphatic heterocycles. The molecule has 78 valence electrons. The summed E-state index contributed by atoms with van der Waals surface area (Å²) in [5.74, 6) is -0.829. The highest BCUT2D eigenvalue weighted by Gasteiger charge is 2.15. The smallest absolute Gasteiger partial charge is 0.346 e. The lowest BCUT2D eigenvalue weighted by Gasteiger charge is -1.96. The molecule has 0 atom stereocenters. The number of hydrogen-bond acceptors (Lipinski definition) is 2. The molecule has 0 spiro atoms. The van der Waals surface area contributed by atoms with Crippen LogP contribution in [0.15, 0.2) is 22.7 Å². The quantitative estimate of drug-likeness (QED) is 0.907. The first kappa shape index (κ1) is 10.6. The summed E-state index contributed by atoms with van der Waals surface area (Å²) in [6.45, 7) is 1.98. The number of aryl methyl sites for hydroxylation is 1. The van der Waals surface area contributed by atoms with E-state index in [0.717, 1.165) is 26.5 Å². The Morgan fingerprint density at radius 1 is 1.53 bits per heavy atom. The van der Waals surface area contributed by atoms with Crippen LogP contribution in [0.4, 0.5) is 0 Å². The van der Waals surface area contributed by atoms with Crippen molar-refractivity contribution in [3.63, 3.8) is 0 Å². The van der Waals surface area contributed by atoms with Crippen molar-refractivity contribution in [2.24, 2.45) is 0 Å². The minimum Gasteiger partial charge on any atom is -0.477 e. The Morgan fingerprint density at radius 3 is 2.87 bits per heavy atom. The maximum absolute atomic E-state index is 11.0. The minimum atomic E-state index is -0.829. The van der Waals surface area contributed by atoms with Crippen molar-refractivity contribution in [3.05, 3.63) is 33.1 Å². The van der Waals surface area contributed by atoms with Gasteiger partial charge in [-0.3, -0.25) is 0 Å². The number of hydrogen-bond donors (Lipinski definition) is 1. The van der Waals surface area contributed by atoms with Gasteiger partial charge in [0, 0.05) is 9.17 Å². The van der Waals surface area contributed by atoms with Gasteiger partial charge in [-0.25, -0.2) is 4.79 Å². The molecule has 0 saturated heterocycles. The average molecular weight is 285 g/mol. The summed E-state index contributed by atoms with van der Waals surface area (Å²) in [6.07, 6.45) is 0.753. The minimum absolute atomic E-state index is 0.464. The first-order valence-corrected chi connectivity index (χ1v) is 6.18. The molecule has 1 aromatic carbocycles. The molecule has 15 heavy (non-hydrogen) atoms. The molecule has 0 radical (unpaired) electrons. The van der Waals surface area contributed by atoms with Crippen LogP contribution in [0.1, 0.15) is 22.2 Å². The van der Waals surface area contributed by atoms with Crippen molar-refractivity contribution in [2.45, 2.75) is 13.3 Å². The van der Waals surface area contributed by atoms with Gasteiger partial charge in [-0.05, 0) is 29.5 Å². The fourth-order valence-electron chi connectivity index (χ4n) is 1.65. The molecule has 2 nitrogen and oxygen atoms in total. The van der Waals surface area contributed by atoms with Crippen LogP contribution in [0.3, 0.4) is 0 Å². The highest BCUT2D eigenvalue weighted by atomic mass is 79.9. The summed E-state index contributed by atoms with van der Waals surface area (Å²) in [5, 5.41) is 10.1. The van der Waals surface area contributed by atoms with Crippen molar-refractivity contribution in [1.29, 1.82) is 0 Å². The Bertz CT molecular complexity index is 531. The Morgan fingerprint density at radius 2 is 2.27 bits per heavy atom. The summed E-state index contributed by atoms with van der Waals surface area (Å²) in [6, 6.07) is 5.88. The number of carboxylic acids is 1. The summed E-state index contributed by atoms with van der Waals surface area (Å²) in [5.41, 5.74) is 0.940. The first-order valence-electron chi connectivity index (χ1n) is 4.57. The molecule has 2 rings (SSSR count). The number of rotatable bonds is 2. The number of thiophene rings is 1. The Labute approximate surface area is 99.7 Å². The lowest BCUT2D eigenvalue weighted by molar-refractivity contribution is 0.0701. The molecule has 0 aliphatic carbocycles. The van der Waals surface area contributed by atoms with Crippen LogP contribution in [0.2, 0.25) is 0 Å². The zero-order valence-corrected chi connectivity index (χ0v) is 10.5. The molecule has 1 N–H and O–H groups in total. The summed E-state index contributed by atoms with van der Waals surface area (Å²) in [7, 11) is 0. The van der Waals surface area contributed by atoms with E-state index in [1.807, 2.05) is 25.1 Å². The number of aromatic carboxylic acids is 1. The molecular formula is C11H9BrO2S. The average Bonchev–Trinajstić information content (AvgIpc) is 2.55. The fourth-order valence-corrected chi connectivity index (χ4v) is 3.33. The third-order valence-electron chi connectivity index (χ3n) is 2.30. The third-order valence-corrected chi connectivity index (χ3v) is 3.98. The number of carbonyl (C=O) groups is 1. The highest BCUT2D eigenvalue weighted by molar-refractivity contribution is 9.10. The zero-order valence-electron chi connectivity index (χ0n) is 8.08. The molecule has 0 bridgehead atoms. The molecule has 2 aromatic rings. The monoisotopic (exact) mass is 284 g/mol. The van der Waals surface area contributed by atoms with Crippen molar-refractivity contribution < 1.29 is 9.90 Å². The Balaban J connectivity index is 2.78. The fraction of sp³-hybridized carbons (Fsp3) is 0.182. The van der Waals surface area contributed by atoms with Gasteiger partial charge >= 0.3 is 5.97 Å². The number of fused-ring (bicyclic) bond motifs is 1. The SMILES string of the molecule is CCc1c(C(=O)O)sc2cc(Br)ccc12. The van der Waals surface area contributed by atoms with E-state index in [9.17, 15) is 4.79 Å². The van der Waals surface area contributed by atoms with Crippen LogP contribution < -0.4 is 0 Å². The summed E-state index contributed by atoms with van der Waals surface area (Å²) < 4.78 is 2.01. The molecule has 4 heteroatoms. The van der Waals surface area contributed by atoms with Gasteiger partial charge in [0.1, 0.15) is 4.88 Å². The van der Waals surface area contributed by atoms with E-state index in [-0.39, 0.29) is 0 Å². The molecule has 0 aliphatic rings. The van der Waals surface area contributed by atoms with Crippen LogP contribution >= 0.6 is 27.3 Å². The van der Waals surface area contributed by atoms with E-state index in [0.29, 0.717) is 4.88 Å². The van der Waals surface area contributed by atoms with Crippen LogP contribution in [0.25, 0.3) is 10.1 Å². The molecule has 1 aromatic heterocycles. The lowest BCUT2D eigenvalue weighted by Crippen LogP contribution is -1.96. The third kappa shape index (κ3) is 1.79. The summed E-state index contributed by atoms with van der Waals surface area (Å²) in [4.78, 5) is 11.5. The lowest BCUT2D eigenvalue weighted by atomic mass is 10.1. The molecule has 0 fully saturated rings. The largest absolute Gasteiger partial charge is 0.477 e. The van der Waals surface area contributed by atoms with Gasteiger partial charge in [0.2, 0.25) is 0 Å². The van der Waals surface area contributed by atoms with Gasteiger partial charge in [-0.15, -0.1) is 11.3 Å². The number of halogens is 1. The standard InChI is InChI=1S/C11H9BrO2S/c1-2-7-8-4-3-6(12)5-9(8)15-10(7)11(13)14/h3-5H,2H2,1H3,(H,13,14). The second kappa shape index (κ2) is 3.94. The normalized spacial score (nSPS) is 10.8. The maximum Gasteiger partial charge on any atom is 0.346 e. The van der Waals surface area contributed by atoms with E-state index >= 15 is 0 Å². The van der Waals surface area contributed by atoms with E-state index in [4.69, 9.17) is 5.11 Å². The van der Waals surface area contributed by atoms with Crippen LogP contribution in [-0.4, -0.2) is 11.1 Å². The van der Waals surface area contributed by atoms with Crippen molar-refractivity contribution in [2.75, 3.05) is 0 Å². The van der Waals surface area contributed by atoms with E-state index in [2.05, 4.69) is 15.9 Å². The predicted octanol–water partition coefficient (Wildman–Crippen LogP) is 3.92. The highest BCUT2D eigenvalue weighted by Crippen LogP contribution is 2.33. The van der Waals surface area contributed by atoms with Gasteiger partial charge in [0.15, 0.2) is 0 Å². The van der Waals surface area contributed by atoms with Gasteiger partial charge in [-0.1, -0.05) is 28.9 Å². The Kier molecular flexibility index (Phi) is 2.80. The second-order valence-corrected chi connectivity index (χ2v) is 5.18. The van der Waals surface area contributed by atoms with Crippen molar-refractivity contribution in [3.8, 4) is 0 Å². The van der Waals surface area contributed by atoms with E-state index in [1.54, 1.807) is 0 Å². The van der Waals surface area contributed by atoms with Gasteiger partial charge in [0.25, 0.3) is 0 Å². The van der Waals surface area contributed by atoms with Crippen LogP contribution in [0.5, 0.6) is 0 Å². The molecule has 1 heterocycles. The summed E-state index contributed by atoms with van der Waals surface area (Å²) >= 11 is 4.73. The van der Waals surface area contributed by atoms with Gasteiger partial charge < -0.3 is 5.11 Å². The number of carboxylic acid groups (broad SMARTS) is 1. The maximum atomic E-state index is 11.0. The topological polar surface area (TPSA) is 37.3 Å². The van der Waals surface area contributed by atoms with Crippen molar-refractivity contribution in [1.82, 2.24) is 0 Å². The van der Waals surface area contributed by atoms with Gasteiger partial charge in [-0.2, -0.15) is 0 Å². The van der Waals surface area contributed by atoms with E-state index < -0.39 is 5.97 Å². The van der Waals surface area contributed by atoms with Crippen LogP contribution in [0, 0.1) is 0 Å². The van der Waals surface area contributed by atoms with Crippen molar-refractivity contribution >= 4 is 43.3 Å². The van der Waals surface area contributed by atoms with Gasteiger partial charge in [0.05, 0.1) is 0 Å². The number of benzene rings is 1. The van der Waals surface area contributed by atoms with Crippen LogP contribution in [-0.2, 0) is 6.42 Å². The predicted molar refractivity (Wildman–Crippen MR) is 65.9 cm³/mol. The molecule has 0 amide bonds. The molecule has 0 saturated carbocycles. The second-order valence-electron chi connectivity index (χ2n) is 3.21. The first-order chi connectivity index (χ1) is 7.13. The molecule has 0 unspecified atom stereocenters. The Hall–Kier alpha value is -0.870.